The molecule has 1 saturated heterocycles. The van der Waals surface area contributed by atoms with Gasteiger partial charge in [0.1, 0.15) is 22.3 Å². The molecule has 0 amide bonds. The van der Waals surface area contributed by atoms with Crippen molar-refractivity contribution in [1.82, 2.24) is 0 Å². The van der Waals surface area contributed by atoms with E-state index in [1.807, 2.05) is 24.3 Å². The molecule has 8 rings (SSSR count). The van der Waals surface area contributed by atoms with Gasteiger partial charge in [0.05, 0.1) is 11.2 Å². The fraction of sp³-hybridized carbons (Fsp3) is 0.176. The standard InChI is InChI=1S/C34H27BO4/c1-33(2)34(3,4)39-35(38-33)25-13-9-15-27-31(25)24-17-16-21(19-28(24)37-27)30-22-11-6-5-10-20(22)18-29-32(30)23-12-7-8-14-26(23)36-29/h5-19H,1-4H3. The van der Waals surface area contributed by atoms with Gasteiger partial charge >= 0.3 is 7.12 Å². The van der Waals surface area contributed by atoms with Gasteiger partial charge in [-0.15, -0.1) is 0 Å². The smallest absolute Gasteiger partial charge is 0.456 e. The van der Waals surface area contributed by atoms with Gasteiger partial charge in [-0.05, 0) is 79.8 Å². The van der Waals surface area contributed by atoms with Gasteiger partial charge in [0, 0.05) is 27.1 Å². The van der Waals surface area contributed by atoms with E-state index in [-0.39, 0.29) is 0 Å². The molecule has 1 aliphatic rings. The van der Waals surface area contributed by atoms with Gasteiger partial charge in [0.2, 0.25) is 0 Å². The molecule has 4 nitrogen and oxygen atoms in total. The zero-order chi connectivity index (χ0) is 26.5. The maximum atomic E-state index is 6.48. The predicted molar refractivity (Wildman–Crippen MR) is 160 cm³/mol. The third kappa shape index (κ3) is 3.21. The Kier molecular flexibility index (Phi) is 4.55. The summed E-state index contributed by atoms with van der Waals surface area (Å²) in [6.07, 6.45) is 0. The van der Waals surface area contributed by atoms with Gasteiger partial charge in [-0.2, -0.15) is 0 Å². The lowest BCUT2D eigenvalue weighted by molar-refractivity contribution is 0.00578. The first-order chi connectivity index (χ1) is 18.8. The number of fused-ring (bicyclic) bond motifs is 7. The highest BCUT2D eigenvalue weighted by Crippen LogP contribution is 2.43. The Hall–Kier alpha value is -4.06. The molecule has 2 aromatic heterocycles. The van der Waals surface area contributed by atoms with Gasteiger partial charge < -0.3 is 18.1 Å². The number of furan rings is 2. The van der Waals surface area contributed by atoms with Crippen molar-refractivity contribution in [2.24, 2.45) is 0 Å². The second kappa shape index (κ2) is 7.75. The molecule has 0 saturated carbocycles. The Labute approximate surface area is 226 Å². The van der Waals surface area contributed by atoms with E-state index in [1.165, 1.54) is 5.39 Å². The van der Waals surface area contributed by atoms with E-state index in [9.17, 15) is 0 Å². The molecule has 0 atom stereocenters. The van der Waals surface area contributed by atoms with Crippen LogP contribution in [0.2, 0.25) is 0 Å². The van der Waals surface area contributed by atoms with Gasteiger partial charge in [-0.1, -0.05) is 60.7 Å². The van der Waals surface area contributed by atoms with E-state index in [4.69, 9.17) is 18.1 Å². The van der Waals surface area contributed by atoms with Crippen molar-refractivity contribution in [3.05, 3.63) is 91.0 Å². The highest BCUT2D eigenvalue weighted by Gasteiger charge is 2.52. The van der Waals surface area contributed by atoms with Gasteiger partial charge in [-0.3, -0.25) is 0 Å². The minimum Gasteiger partial charge on any atom is -0.456 e. The number of para-hydroxylation sites is 1. The molecule has 0 aliphatic carbocycles. The highest BCUT2D eigenvalue weighted by molar-refractivity contribution is 6.66. The molecule has 39 heavy (non-hydrogen) atoms. The molecular weight excluding hydrogens is 483 g/mol. The lowest BCUT2D eigenvalue weighted by Gasteiger charge is -2.32. The fourth-order valence-corrected chi connectivity index (χ4v) is 6.03. The van der Waals surface area contributed by atoms with E-state index < -0.39 is 18.3 Å². The van der Waals surface area contributed by atoms with Crippen LogP contribution >= 0.6 is 0 Å². The average molecular weight is 510 g/mol. The topological polar surface area (TPSA) is 44.7 Å². The molecule has 1 aliphatic heterocycles. The Bertz CT molecular complexity index is 2080. The lowest BCUT2D eigenvalue weighted by atomic mass is 9.76. The summed E-state index contributed by atoms with van der Waals surface area (Å²) in [4.78, 5) is 0. The van der Waals surface area contributed by atoms with Crippen LogP contribution in [-0.4, -0.2) is 18.3 Å². The van der Waals surface area contributed by atoms with Crippen molar-refractivity contribution in [3.8, 4) is 11.1 Å². The normalized spacial score (nSPS) is 16.9. The Morgan fingerprint density at radius 3 is 2.03 bits per heavy atom. The minimum atomic E-state index is -0.464. The Balaban J connectivity index is 1.38. The molecule has 190 valence electrons. The summed E-state index contributed by atoms with van der Waals surface area (Å²) < 4.78 is 25.6. The van der Waals surface area contributed by atoms with Gasteiger partial charge in [-0.25, -0.2) is 0 Å². The monoisotopic (exact) mass is 510 g/mol. The molecule has 0 bridgehead atoms. The minimum absolute atomic E-state index is 0.417. The van der Waals surface area contributed by atoms with Crippen LogP contribution in [0.25, 0.3) is 65.8 Å². The summed E-state index contributed by atoms with van der Waals surface area (Å²) >= 11 is 0. The number of rotatable bonds is 2. The zero-order valence-electron chi connectivity index (χ0n) is 22.4. The zero-order valence-corrected chi connectivity index (χ0v) is 22.4. The second-order valence-corrected chi connectivity index (χ2v) is 11.6. The molecule has 7 aromatic rings. The van der Waals surface area contributed by atoms with E-state index in [0.717, 1.165) is 65.9 Å². The Morgan fingerprint density at radius 1 is 0.538 bits per heavy atom. The Morgan fingerprint density at radius 2 is 1.21 bits per heavy atom. The van der Waals surface area contributed by atoms with Gasteiger partial charge in [0.25, 0.3) is 0 Å². The molecule has 0 radical (unpaired) electrons. The van der Waals surface area contributed by atoms with Crippen LogP contribution in [0.5, 0.6) is 0 Å². The first-order valence-electron chi connectivity index (χ1n) is 13.4. The highest BCUT2D eigenvalue weighted by atomic mass is 16.7. The van der Waals surface area contributed by atoms with Crippen molar-refractivity contribution >= 4 is 67.2 Å². The first-order valence-corrected chi connectivity index (χ1v) is 13.4. The summed E-state index contributed by atoms with van der Waals surface area (Å²) in [6.45, 7) is 8.32. The van der Waals surface area contributed by atoms with Crippen molar-refractivity contribution in [2.75, 3.05) is 0 Å². The van der Waals surface area contributed by atoms with Crippen LogP contribution in [0.15, 0.2) is 99.8 Å². The first kappa shape index (κ1) is 22.9. The molecule has 0 unspecified atom stereocenters. The van der Waals surface area contributed by atoms with Crippen LogP contribution in [0.1, 0.15) is 27.7 Å². The van der Waals surface area contributed by atoms with Crippen LogP contribution in [0.4, 0.5) is 0 Å². The lowest BCUT2D eigenvalue weighted by Crippen LogP contribution is -2.41. The summed E-state index contributed by atoms with van der Waals surface area (Å²) in [5.41, 5.74) is 5.84. The summed E-state index contributed by atoms with van der Waals surface area (Å²) in [6, 6.07) is 31.5. The predicted octanol–water partition coefficient (Wildman–Crippen LogP) is 8.60. The van der Waals surface area contributed by atoms with Crippen molar-refractivity contribution in [3.63, 3.8) is 0 Å². The van der Waals surface area contributed by atoms with E-state index >= 15 is 0 Å². The third-order valence-electron chi connectivity index (χ3n) is 8.71. The number of benzene rings is 5. The number of hydrogen-bond donors (Lipinski definition) is 0. The van der Waals surface area contributed by atoms with Crippen LogP contribution in [0, 0.1) is 0 Å². The maximum absolute atomic E-state index is 6.48. The van der Waals surface area contributed by atoms with E-state index in [0.29, 0.717) is 0 Å². The van der Waals surface area contributed by atoms with Crippen molar-refractivity contribution in [2.45, 2.75) is 38.9 Å². The van der Waals surface area contributed by atoms with Crippen molar-refractivity contribution in [1.29, 1.82) is 0 Å². The maximum Gasteiger partial charge on any atom is 0.495 e. The van der Waals surface area contributed by atoms with E-state index in [2.05, 4.69) is 94.4 Å². The third-order valence-corrected chi connectivity index (χ3v) is 8.71. The van der Waals surface area contributed by atoms with E-state index in [1.54, 1.807) is 0 Å². The van der Waals surface area contributed by atoms with Crippen LogP contribution in [-0.2, 0) is 9.31 Å². The average Bonchev–Trinajstić information content (AvgIpc) is 3.54. The second-order valence-electron chi connectivity index (χ2n) is 11.6. The SMILES string of the molecule is CC1(C)OB(c2cccc3oc4cc(-c5c6ccccc6cc6oc7ccccc7c56)ccc4c23)OC1(C)C. The number of hydrogen-bond acceptors (Lipinski definition) is 4. The quantitative estimate of drug-likeness (QED) is 0.219. The summed E-state index contributed by atoms with van der Waals surface area (Å²) in [5, 5.41) is 6.65. The fourth-order valence-electron chi connectivity index (χ4n) is 6.03. The molecule has 5 aromatic carbocycles. The summed E-state index contributed by atoms with van der Waals surface area (Å²) in [7, 11) is -0.464. The molecule has 5 heteroatoms. The van der Waals surface area contributed by atoms with Crippen LogP contribution in [0.3, 0.4) is 0 Å². The summed E-state index contributed by atoms with van der Waals surface area (Å²) in [5.74, 6) is 0. The molecular formula is C34H27BO4. The van der Waals surface area contributed by atoms with Crippen molar-refractivity contribution < 1.29 is 18.1 Å². The molecule has 1 fully saturated rings. The molecule has 0 spiro atoms. The molecule has 0 N–H and O–H groups in total. The molecule has 3 heterocycles. The largest absolute Gasteiger partial charge is 0.495 e. The van der Waals surface area contributed by atoms with Gasteiger partial charge in [0.15, 0.2) is 0 Å². The van der Waals surface area contributed by atoms with Crippen LogP contribution < -0.4 is 5.46 Å².